The Morgan fingerprint density at radius 3 is 2.87 bits per heavy atom. The number of aryl methyl sites for hydroxylation is 2. The van der Waals surface area contributed by atoms with Crippen LogP contribution in [0, 0.1) is 13.8 Å². The second kappa shape index (κ2) is 4.67. The third kappa shape index (κ3) is 2.72. The van der Waals surface area contributed by atoms with Crippen molar-refractivity contribution in [1.29, 1.82) is 0 Å². The number of rotatable bonds is 3. The maximum absolute atomic E-state index is 5.50. The van der Waals surface area contributed by atoms with Gasteiger partial charge in [-0.3, -0.25) is 0 Å². The Labute approximate surface area is 91.4 Å². The second-order valence-corrected chi connectivity index (χ2v) is 4.30. The van der Waals surface area contributed by atoms with E-state index >= 15 is 0 Å². The summed E-state index contributed by atoms with van der Waals surface area (Å²) in [6.45, 7) is 4.96. The maximum atomic E-state index is 5.50. The van der Waals surface area contributed by atoms with Crippen molar-refractivity contribution < 1.29 is 4.42 Å². The molecule has 0 aromatic carbocycles. The molecule has 1 aromatic rings. The van der Waals surface area contributed by atoms with Crippen LogP contribution in [-0.4, -0.2) is 6.04 Å². The fraction of sp³-hybridized carbons (Fsp3) is 0.538. The Kier molecular flexibility index (Phi) is 3.27. The molecule has 1 heterocycles. The summed E-state index contributed by atoms with van der Waals surface area (Å²) in [4.78, 5) is 0. The highest BCUT2D eigenvalue weighted by molar-refractivity contribution is 5.19. The molecule has 1 unspecified atom stereocenters. The minimum atomic E-state index is 0.643. The van der Waals surface area contributed by atoms with Crippen molar-refractivity contribution in [2.45, 2.75) is 45.7 Å². The van der Waals surface area contributed by atoms with Gasteiger partial charge in [-0.15, -0.1) is 0 Å². The zero-order valence-electron chi connectivity index (χ0n) is 9.55. The highest BCUT2D eigenvalue weighted by Crippen LogP contribution is 2.15. The molecule has 1 atom stereocenters. The molecule has 0 radical (unpaired) electrons. The van der Waals surface area contributed by atoms with Gasteiger partial charge in [-0.1, -0.05) is 12.2 Å². The molecule has 0 saturated heterocycles. The van der Waals surface area contributed by atoms with Crippen LogP contribution in [0.3, 0.4) is 0 Å². The quantitative estimate of drug-likeness (QED) is 0.767. The molecule has 1 N–H and O–H groups in total. The van der Waals surface area contributed by atoms with Gasteiger partial charge in [-0.2, -0.15) is 0 Å². The number of nitrogens with one attached hydrogen (secondary N) is 1. The summed E-state index contributed by atoms with van der Waals surface area (Å²) >= 11 is 0. The van der Waals surface area contributed by atoms with E-state index in [9.17, 15) is 0 Å². The summed E-state index contributed by atoms with van der Waals surface area (Å²) in [7, 11) is 0. The first-order valence-electron chi connectivity index (χ1n) is 5.70. The van der Waals surface area contributed by atoms with Crippen molar-refractivity contribution in [1.82, 2.24) is 5.32 Å². The van der Waals surface area contributed by atoms with E-state index in [0.717, 1.165) is 24.5 Å². The van der Waals surface area contributed by atoms with Gasteiger partial charge in [-0.25, -0.2) is 0 Å². The number of hydrogen-bond acceptors (Lipinski definition) is 2. The number of furan rings is 1. The summed E-state index contributed by atoms with van der Waals surface area (Å²) in [6, 6.07) is 2.77. The smallest absolute Gasteiger partial charge is 0.105 e. The molecule has 0 aliphatic heterocycles. The Morgan fingerprint density at radius 1 is 1.40 bits per heavy atom. The van der Waals surface area contributed by atoms with Gasteiger partial charge in [0.15, 0.2) is 0 Å². The summed E-state index contributed by atoms with van der Waals surface area (Å²) in [5, 5.41) is 3.58. The Bertz CT molecular complexity index is 351. The predicted octanol–water partition coefficient (Wildman–Crippen LogP) is 3.09. The highest BCUT2D eigenvalue weighted by atomic mass is 16.3. The van der Waals surface area contributed by atoms with E-state index in [1.54, 1.807) is 0 Å². The summed E-state index contributed by atoms with van der Waals surface area (Å²) in [5.74, 6) is 2.05. The molecule has 1 aliphatic rings. The highest BCUT2D eigenvalue weighted by Gasteiger charge is 2.10. The van der Waals surface area contributed by atoms with Gasteiger partial charge in [0.05, 0.1) is 0 Å². The van der Waals surface area contributed by atoms with E-state index in [2.05, 4.69) is 23.5 Å². The minimum Gasteiger partial charge on any atom is -0.466 e. The van der Waals surface area contributed by atoms with Crippen LogP contribution in [0.4, 0.5) is 0 Å². The van der Waals surface area contributed by atoms with Gasteiger partial charge in [-0.05, 0) is 39.2 Å². The average Bonchev–Trinajstić information content (AvgIpc) is 2.56. The molecule has 82 valence electrons. The van der Waals surface area contributed by atoms with Gasteiger partial charge in [0.25, 0.3) is 0 Å². The zero-order chi connectivity index (χ0) is 10.7. The lowest BCUT2D eigenvalue weighted by atomic mass is 10.0. The van der Waals surface area contributed by atoms with Gasteiger partial charge >= 0.3 is 0 Å². The van der Waals surface area contributed by atoms with E-state index in [0.29, 0.717) is 6.04 Å². The van der Waals surface area contributed by atoms with Gasteiger partial charge < -0.3 is 9.73 Å². The first-order valence-corrected chi connectivity index (χ1v) is 5.70. The molecule has 15 heavy (non-hydrogen) atoms. The fourth-order valence-corrected chi connectivity index (χ4v) is 2.09. The normalized spacial score (nSPS) is 20.8. The van der Waals surface area contributed by atoms with E-state index in [1.807, 2.05) is 13.8 Å². The average molecular weight is 205 g/mol. The molecule has 0 amide bonds. The first-order chi connectivity index (χ1) is 7.25. The third-order valence-corrected chi connectivity index (χ3v) is 2.99. The van der Waals surface area contributed by atoms with E-state index in [4.69, 9.17) is 4.42 Å². The molecular formula is C13H19NO. The second-order valence-electron chi connectivity index (χ2n) is 4.30. The number of allylic oxidation sites excluding steroid dienone is 1. The minimum absolute atomic E-state index is 0.643. The number of hydrogen-bond donors (Lipinski definition) is 1. The van der Waals surface area contributed by atoms with E-state index < -0.39 is 0 Å². The molecule has 0 spiro atoms. The summed E-state index contributed by atoms with van der Waals surface area (Å²) in [6.07, 6.45) is 8.17. The first kappa shape index (κ1) is 10.5. The molecule has 0 saturated carbocycles. The Morgan fingerprint density at radius 2 is 2.27 bits per heavy atom. The third-order valence-electron chi connectivity index (χ3n) is 2.99. The van der Waals surface area contributed by atoms with Crippen LogP contribution in [0.5, 0.6) is 0 Å². The molecule has 1 aromatic heterocycles. The van der Waals surface area contributed by atoms with Crippen LogP contribution in [0.1, 0.15) is 36.3 Å². The van der Waals surface area contributed by atoms with Crippen molar-refractivity contribution in [3.8, 4) is 0 Å². The van der Waals surface area contributed by atoms with Crippen LogP contribution < -0.4 is 5.32 Å². The Hall–Kier alpha value is -1.02. The zero-order valence-corrected chi connectivity index (χ0v) is 9.55. The van der Waals surface area contributed by atoms with Gasteiger partial charge in [0.2, 0.25) is 0 Å². The SMILES string of the molecule is Cc1cc(CNC2CC=CCC2)c(C)o1. The Balaban J connectivity index is 1.87. The maximum Gasteiger partial charge on any atom is 0.105 e. The van der Waals surface area contributed by atoms with Crippen LogP contribution >= 0.6 is 0 Å². The molecule has 0 bridgehead atoms. The fourth-order valence-electron chi connectivity index (χ4n) is 2.09. The van der Waals surface area contributed by atoms with Crippen molar-refractivity contribution in [2.75, 3.05) is 0 Å². The van der Waals surface area contributed by atoms with Crippen molar-refractivity contribution in [3.63, 3.8) is 0 Å². The van der Waals surface area contributed by atoms with Crippen molar-refractivity contribution in [3.05, 3.63) is 35.3 Å². The molecular weight excluding hydrogens is 186 g/mol. The topological polar surface area (TPSA) is 25.2 Å². The largest absolute Gasteiger partial charge is 0.466 e. The van der Waals surface area contributed by atoms with E-state index in [1.165, 1.54) is 18.4 Å². The lowest BCUT2D eigenvalue weighted by Gasteiger charge is -2.18. The van der Waals surface area contributed by atoms with Crippen molar-refractivity contribution >= 4 is 0 Å². The van der Waals surface area contributed by atoms with Crippen LogP contribution in [0.2, 0.25) is 0 Å². The molecule has 1 aliphatic carbocycles. The lowest BCUT2D eigenvalue weighted by Crippen LogP contribution is -2.29. The van der Waals surface area contributed by atoms with Crippen LogP contribution in [-0.2, 0) is 6.54 Å². The molecule has 2 nitrogen and oxygen atoms in total. The van der Waals surface area contributed by atoms with Gasteiger partial charge in [0.1, 0.15) is 11.5 Å². The van der Waals surface area contributed by atoms with Gasteiger partial charge in [0, 0.05) is 18.2 Å². The molecule has 0 fully saturated rings. The molecule has 2 rings (SSSR count). The monoisotopic (exact) mass is 205 g/mol. The lowest BCUT2D eigenvalue weighted by molar-refractivity contribution is 0.465. The van der Waals surface area contributed by atoms with Crippen LogP contribution in [0.15, 0.2) is 22.6 Å². The summed E-state index contributed by atoms with van der Waals surface area (Å²) < 4.78 is 5.50. The predicted molar refractivity (Wildman–Crippen MR) is 61.8 cm³/mol. The van der Waals surface area contributed by atoms with Crippen LogP contribution in [0.25, 0.3) is 0 Å². The van der Waals surface area contributed by atoms with E-state index in [-0.39, 0.29) is 0 Å². The summed E-state index contributed by atoms with van der Waals surface area (Å²) in [5.41, 5.74) is 1.29. The standard InChI is InChI=1S/C13H19NO/c1-10-8-12(11(2)15-10)9-14-13-6-4-3-5-7-13/h3-4,8,13-14H,5-7,9H2,1-2H3. The molecule has 2 heteroatoms. The van der Waals surface area contributed by atoms with Crippen molar-refractivity contribution in [2.24, 2.45) is 0 Å².